The lowest BCUT2D eigenvalue weighted by Gasteiger charge is -2.13. The van der Waals surface area contributed by atoms with Gasteiger partial charge >= 0.3 is 0 Å². The standard InChI is InChI=1S/C15H17FN3O3/c16-13-3-1-10(2-4-13)15-14(17-22-19(15)20)7-18-5-11-8-21-9-12(11)6-18/h1-4,11-12,17H,5-9H2/q+1/t11-,12?/m0/s1. The molecule has 2 aliphatic rings. The van der Waals surface area contributed by atoms with Crippen LogP contribution in [0.15, 0.2) is 28.9 Å². The van der Waals surface area contributed by atoms with E-state index < -0.39 is 0 Å². The summed E-state index contributed by atoms with van der Waals surface area (Å²) in [5, 5.41) is 2.69. The first-order valence-corrected chi connectivity index (χ1v) is 7.40. The highest BCUT2D eigenvalue weighted by Gasteiger charge is 2.38. The van der Waals surface area contributed by atoms with Crippen LogP contribution in [-0.4, -0.2) is 36.4 Å². The van der Waals surface area contributed by atoms with Crippen LogP contribution in [0.2, 0.25) is 0 Å². The Hall–Kier alpha value is -1.99. The molecule has 2 fully saturated rings. The highest BCUT2D eigenvalue weighted by Crippen LogP contribution is 2.30. The maximum atomic E-state index is 13.1. The van der Waals surface area contributed by atoms with Crippen molar-refractivity contribution in [2.45, 2.75) is 6.54 Å². The molecular weight excluding hydrogens is 289 g/mol. The maximum Gasteiger partial charge on any atom is 0.276 e. The van der Waals surface area contributed by atoms with Crippen LogP contribution < -0.4 is 4.60 Å². The summed E-state index contributed by atoms with van der Waals surface area (Å²) in [6, 6.07) is 5.84. The number of likely N-dealkylation sites (tertiary alicyclic amines) is 1. The van der Waals surface area contributed by atoms with E-state index >= 15 is 0 Å². The van der Waals surface area contributed by atoms with Crippen molar-refractivity contribution in [3.05, 3.63) is 40.7 Å². The Morgan fingerprint density at radius 3 is 2.59 bits per heavy atom. The van der Waals surface area contributed by atoms with Gasteiger partial charge in [0, 0.05) is 30.5 Å². The first-order chi connectivity index (χ1) is 10.7. The van der Waals surface area contributed by atoms with E-state index in [4.69, 9.17) is 9.37 Å². The normalized spacial score (nSPS) is 24.8. The van der Waals surface area contributed by atoms with Crippen LogP contribution in [0.25, 0.3) is 11.3 Å². The van der Waals surface area contributed by atoms with E-state index in [0.717, 1.165) is 26.3 Å². The van der Waals surface area contributed by atoms with E-state index in [-0.39, 0.29) is 5.82 Å². The molecule has 2 aromatic rings. The summed E-state index contributed by atoms with van der Waals surface area (Å²) >= 11 is 0. The lowest BCUT2D eigenvalue weighted by molar-refractivity contribution is -0.704. The largest absolute Gasteiger partial charge is 0.381 e. The number of benzene rings is 1. The molecule has 1 unspecified atom stereocenters. The fourth-order valence-electron chi connectivity index (χ4n) is 3.43. The molecule has 1 aromatic heterocycles. The average molecular weight is 306 g/mol. The van der Waals surface area contributed by atoms with Gasteiger partial charge < -0.3 is 4.74 Å². The van der Waals surface area contributed by atoms with Crippen LogP contribution in [0.5, 0.6) is 0 Å². The molecule has 1 N–H and O–H groups in total. The topological polar surface area (TPSA) is 64.4 Å². The zero-order valence-corrected chi connectivity index (χ0v) is 12.0. The predicted molar refractivity (Wildman–Crippen MR) is 74.9 cm³/mol. The number of halogens is 1. The Kier molecular flexibility index (Phi) is 3.31. The molecule has 0 spiro atoms. The number of ether oxygens (including phenoxy) is 1. The molecule has 116 valence electrons. The molecule has 2 aliphatic heterocycles. The molecule has 22 heavy (non-hydrogen) atoms. The van der Waals surface area contributed by atoms with E-state index in [9.17, 15) is 9.30 Å². The van der Waals surface area contributed by atoms with Crippen molar-refractivity contribution in [2.75, 3.05) is 26.3 Å². The molecule has 3 heterocycles. The third kappa shape index (κ3) is 2.36. The molecule has 2 saturated heterocycles. The summed E-state index contributed by atoms with van der Waals surface area (Å²) in [6.45, 7) is 4.18. The number of hydrogen-bond donors (Lipinski definition) is 1. The molecule has 7 heteroatoms. The third-order valence-electron chi connectivity index (χ3n) is 4.54. The lowest BCUT2D eigenvalue weighted by Crippen LogP contribution is -2.23. The summed E-state index contributed by atoms with van der Waals surface area (Å²) < 4.78 is 23.9. The summed E-state index contributed by atoms with van der Waals surface area (Å²) in [7, 11) is 0. The molecular formula is C15H17FN3O3+. The molecule has 1 aromatic carbocycles. The highest BCUT2D eigenvalue weighted by molar-refractivity contribution is 5.57. The quantitative estimate of drug-likeness (QED) is 0.931. The summed E-state index contributed by atoms with van der Waals surface area (Å²) in [6.07, 6.45) is 0. The minimum Gasteiger partial charge on any atom is -0.381 e. The van der Waals surface area contributed by atoms with Crippen LogP contribution in [0, 0.1) is 22.6 Å². The fraction of sp³-hybridized carbons (Fsp3) is 0.467. The summed E-state index contributed by atoms with van der Waals surface area (Å²) in [4.78, 5) is 14.2. The van der Waals surface area contributed by atoms with Gasteiger partial charge in [-0.3, -0.25) is 4.90 Å². The van der Waals surface area contributed by atoms with E-state index in [1.165, 1.54) is 12.1 Å². The Balaban J connectivity index is 1.58. The predicted octanol–water partition coefficient (Wildman–Crippen LogP) is 1.41. The van der Waals surface area contributed by atoms with Gasteiger partial charge in [-0.2, -0.15) is 0 Å². The molecule has 0 saturated carbocycles. The second-order valence-corrected chi connectivity index (χ2v) is 6.04. The minimum atomic E-state index is -0.331. The second kappa shape index (κ2) is 5.33. The van der Waals surface area contributed by atoms with Gasteiger partial charge in [-0.05, 0) is 29.2 Å². The van der Waals surface area contributed by atoms with Crippen molar-refractivity contribution in [2.24, 2.45) is 11.8 Å². The van der Waals surface area contributed by atoms with Crippen molar-refractivity contribution in [1.82, 2.24) is 10.1 Å². The number of nitrogens with zero attached hydrogens (tertiary/aromatic N) is 2. The minimum absolute atomic E-state index is 0.331. The molecule has 2 atom stereocenters. The van der Waals surface area contributed by atoms with Crippen molar-refractivity contribution >= 4 is 0 Å². The zero-order valence-electron chi connectivity index (χ0n) is 12.0. The zero-order chi connectivity index (χ0) is 15.1. The summed E-state index contributed by atoms with van der Waals surface area (Å²) in [5.74, 6) is 0.837. The Morgan fingerprint density at radius 2 is 1.91 bits per heavy atom. The van der Waals surface area contributed by atoms with Crippen LogP contribution in [0.3, 0.4) is 0 Å². The number of aromatic nitrogens is 2. The smallest absolute Gasteiger partial charge is 0.276 e. The van der Waals surface area contributed by atoms with Crippen LogP contribution in [-0.2, 0) is 11.3 Å². The van der Waals surface area contributed by atoms with Crippen molar-refractivity contribution in [3.8, 4) is 11.3 Å². The first kappa shape index (κ1) is 13.7. The van der Waals surface area contributed by atoms with Gasteiger partial charge in [0.05, 0.1) is 19.8 Å². The van der Waals surface area contributed by atoms with Gasteiger partial charge in [0.25, 0.3) is 5.69 Å². The van der Waals surface area contributed by atoms with Crippen molar-refractivity contribution in [1.29, 1.82) is 0 Å². The Labute approximate surface area is 126 Å². The van der Waals surface area contributed by atoms with Gasteiger partial charge in [0.15, 0.2) is 4.60 Å². The second-order valence-electron chi connectivity index (χ2n) is 6.04. The number of rotatable bonds is 3. The fourth-order valence-corrected chi connectivity index (χ4v) is 3.43. The molecule has 0 amide bonds. The van der Waals surface area contributed by atoms with Crippen LogP contribution >= 0.6 is 0 Å². The molecule has 4 rings (SSSR count). The highest BCUT2D eigenvalue weighted by atomic mass is 19.1. The van der Waals surface area contributed by atoms with Crippen molar-refractivity contribution < 1.29 is 18.4 Å². The van der Waals surface area contributed by atoms with Gasteiger partial charge in [-0.1, -0.05) is 9.79 Å². The third-order valence-corrected chi connectivity index (χ3v) is 4.54. The van der Waals surface area contributed by atoms with E-state index in [1.807, 2.05) is 0 Å². The van der Waals surface area contributed by atoms with E-state index in [1.54, 1.807) is 12.1 Å². The molecule has 6 nitrogen and oxygen atoms in total. The van der Waals surface area contributed by atoms with E-state index in [2.05, 4.69) is 10.1 Å². The molecule has 0 radical (unpaired) electrons. The summed E-state index contributed by atoms with van der Waals surface area (Å²) in [5.41, 5.74) is 1.76. The van der Waals surface area contributed by atoms with Gasteiger partial charge in [-0.25, -0.2) is 4.39 Å². The first-order valence-electron chi connectivity index (χ1n) is 7.40. The van der Waals surface area contributed by atoms with Gasteiger partial charge in [0.2, 0.25) is 5.69 Å². The monoisotopic (exact) mass is 306 g/mol. The SMILES string of the molecule is O=[n+]1o[nH]c(CN2CC3COC[C@@H]3C2)c1-c1ccc(F)cc1. The van der Waals surface area contributed by atoms with Gasteiger partial charge in [-0.15, -0.1) is 0 Å². The number of aromatic amines is 1. The molecule has 0 bridgehead atoms. The average Bonchev–Trinajstić information content (AvgIpc) is 3.16. The van der Waals surface area contributed by atoms with Crippen molar-refractivity contribution in [3.63, 3.8) is 0 Å². The van der Waals surface area contributed by atoms with Crippen LogP contribution in [0.4, 0.5) is 4.39 Å². The molecule has 0 aliphatic carbocycles. The number of H-pyrrole nitrogens is 1. The van der Waals surface area contributed by atoms with E-state index in [0.29, 0.717) is 39.9 Å². The van der Waals surface area contributed by atoms with Gasteiger partial charge in [0.1, 0.15) is 5.82 Å². The van der Waals surface area contributed by atoms with Crippen LogP contribution in [0.1, 0.15) is 5.69 Å². The number of nitrogens with one attached hydrogen (secondary N) is 1. The lowest BCUT2D eigenvalue weighted by atomic mass is 10.0. The Morgan fingerprint density at radius 1 is 1.23 bits per heavy atom. The Bertz CT molecular complexity index is 712. The number of hydrogen-bond acceptors (Lipinski definition) is 4. The number of fused-ring (bicyclic) bond motifs is 1. The maximum absolute atomic E-state index is 13.1.